The van der Waals surface area contributed by atoms with Crippen LogP contribution in [-0.2, 0) is 41.5 Å². The molecule has 0 aliphatic heterocycles. The maximum atomic E-state index is 3.65. The first-order valence-electron chi connectivity index (χ1n) is 15.8. The van der Waals surface area contributed by atoms with E-state index >= 15 is 0 Å². The van der Waals surface area contributed by atoms with Crippen LogP contribution in [0.1, 0.15) is 108 Å². The summed E-state index contributed by atoms with van der Waals surface area (Å²) in [4.78, 5) is 0. The Morgan fingerprint density at radius 3 is 1.93 bits per heavy atom. The molecule has 0 aromatic heterocycles. The van der Waals surface area contributed by atoms with Crippen LogP contribution in [0, 0.1) is 24.0 Å². The normalized spacial score (nSPS) is 19.4. The van der Waals surface area contributed by atoms with Crippen molar-refractivity contribution in [1.29, 1.82) is 0 Å². The molecule has 3 aromatic carbocycles. The standard InChI is InChI=1S/C25H25.C10H15.C7H6.Zr/c1-14-12-24(3,4)22-8-16-7-17-9-23-19(15(2)13-25(23,5)6)11-21(17)20(16)10-18(14)22;1-7(2)10-6-8(3)5-9(10)4;1-7-5-3-2-4-6-7;/h8-12H,7H2,1-6H3;6-8H,1-4H3;1-6H;/q2*-1;;+2. The number of hydrogen-bond donors (Lipinski definition) is 0. The first kappa shape index (κ1) is 31.8. The summed E-state index contributed by atoms with van der Waals surface area (Å²) in [7, 11) is 0. The molecule has 0 fully saturated rings. The number of benzene rings is 3. The molecule has 7 rings (SSSR count). The molecule has 0 nitrogen and oxygen atoms in total. The van der Waals surface area contributed by atoms with Crippen molar-refractivity contribution in [2.45, 2.75) is 86.5 Å². The molecule has 0 saturated heterocycles. The number of fused-ring (bicyclic) bond motifs is 5. The van der Waals surface area contributed by atoms with Crippen molar-refractivity contribution in [3.05, 3.63) is 129 Å². The van der Waals surface area contributed by atoms with Gasteiger partial charge in [0.25, 0.3) is 0 Å². The Hall–Kier alpha value is -2.63. The number of rotatable bonds is 2. The SMILES string of the molecule is CC1=[C-]C(C)(C)c2cc3c(cc21)-c1cc2c(cc1C3)C(C)(C)C=C2C.CC1=[C-]C(C)C=C1C(C)C.[Zr+2]=[CH]c1ccccc1. The van der Waals surface area contributed by atoms with Crippen molar-refractivity contribution < 1.29 is 24.2 Å². The molecule has 0 radical (unpaired) electrons. The van der Waals surface area contributed by atoms with E-state index < -0.39 is 0 Å². The van der Waals surface area contributed by atoms with Gasteiger partial charge < -0.3 is 0 Å². The van der Waals surface area contributed by atoms with Crippen LogP contribution < -0.4 is 0 Å². The Morgan fingerprint density at radius 2 is 1.42 bits per heavy atom. The third kappa shape index (κ3) is 6.31. The average Bonchev–Trinajstić information content (AvgIpc) is 3.62. The summed E-state index contributed by atoms with van der Waals surface area (Å²) in [6, 6.07) is 20.2. The van der Waals surface area contributed by atoms with Gasteiger partial charge in [-0.2, -0.15) is 17.2 Å². The van der Waals surface area contributed by atoms with E-state index in [4.69, 9.17) is 0 Å². The Bertz CT molecular complexity index is 1620. The second-order valence-electron chi connectivity index (χ2n) is 14.1. The minimum absolute atomic E-state index is 0.0340. The van der Waals surface area contributed by atoms with Gasteiger partial charge in [-0.05, 0) is 58.4 Å². The summed E-state index contributed by atoms with van der Waals surface area (Å²) in [6.07, 6.45) is 12.8. The first-order valence-corrected chi connectivity index (χ1v) is 17.2. The molecular formula is C42H46Zr. The van der Waals surface area contributed by atoms with Gasteiger partial charge in [0.2, 0.25) is 0 Å². The average molecular weight is 642 g/mol. The van der Waals surface area contributed by atoms with Crippen molar-refractivity contribution in [2.75, 3.05) is 0 Å². The zero-order valence-corrected chi connectivity index (χ0v) is 30.2. The van der Waals surface area contributed by atoms with Crippen LogP contribution >= 0.6 is 0 Å². The monoisotopic (exact) mass is 640 g/mol. The van der Waals surface area contributed by atoms with Crippen molar-refractivity contribution in [2.24, 2.45) is 11.8 Å². The topological polar surface area (TPSA) is 0 Å². The molecule has 0 heterocycles. The third-order valence-corrected chi connectivity index (χ3v) is 10.1. The molecule has 0 spiro atoms. The van der Waals surface area contributed by atoms with Gasteiger partial charge in [-0.15, -0.1) is 11.6 Å². The van der Waals surface area contributed by atoms with Crippen LogP contribution in [0.2, 0.25) is 0 Å². The molecule has 43 heavy (non-hydrogen) atoms. The Labute approximate surface area is 276 Å². The first-order chi connectivity index (χ1) is 20.2. The molecule has 4 aliphatic rings. The number of hydrogen-bond acceptors (Lipinski definition) is 0. The van der Waals surface area contributed by atoms with E-state index in [1.165, 1.54) is 96.6 Å². The van der Waals surface area contributed by atoms with Crippen molar-refractivity contribution in [1.82, 2.24) is 0 Å². The molecule has 1 atom stereocenters. The fourth-order valence-corrected chi connectivity index (χ4v) is 7.78. The molecule has 3 aromatic rings. The van der Waals surface area contributed by atoms with E-state index in [2.05, 4.69) is 146 Å². The Balaban J connectivity index is 0.000000168. The third-order valence-electron chi connectivity index (χ3n) is 9.33. The van der Waals surface area contributed by atoms with E-state index in [-0.39, 0.29) is 10.8 Å². The van der Waals surface area contributed by atoms with Gasteiger partial charge in [0, 0.05) is 5.41 Å². The second kappa shape index (κ2) is 12.0. The molecule has 1 unspecified atom stereocenters. The summed E-state index contributed by atoms with van der Waals surface area (Å²) in [5.74, 6) is 1.20. The predicted molar refractivity (Wildman–Crippen MR) is 183 cm³/mol. The predicted octanol–water partition coefficient (Wildman–Crippen LogP) is 10.8. The van der Waals surface area contributed by atoms with Gasteiger partial charge in [0.1, 0.15) is 0 Å². The summed E-state index contributed by atoms with van der Waals surface area (Å²) in [5.41, 5.74) is 18.7. The molecule has 218 valence electrons. The van der Waals surface area contributed by atoms with Gasteiger partial charge in [0.05, 0.1) is 0 Å². The van der Waals surface area contributed by atoms with E-state index in [9.17, 15) is 0 Å². The second-order valence-corrected chi connectivity index (χ2v) is 14.8. The number of allylic oxidation sites excluding steroid dienone is 8. The van der Waals surface area contributed by atoms with E-state index in [0.717, 1.165) is 6.42 Å². The van der Waals surface area contributed by atoms with Gasteiger partial charge in [0.15, 0.2) is 0 Å². The van der Waals surface area contributed by atoms with Gasteiger partial charge in [-0.3, -0.25) is 12.2 Å². The molecule has 0 N–H and O–H groups in total. The Morgan fingerprint density at radius 1 is 0.814 bits per heavy atom. The summed E-state index contributed by atoms with van der Waals surface area (Å²) in [6.45, 7) is 22.5. The zero-order chi connectivity index (χ0) is 31.3. The quantitative estimate of drug-likeness (QED) is 0.191. The van der Waals surface area contributed by atoms with Crippen LogP contribution in [0.4, 0.5) is 0 Å². The van der Waals surface area contributed by atoms with Crippen LogP contribution in [0.3, 0.4) is 0 Å². The van der Waals surface area contributed by atoms with Crippen LogP contribution in [0.25, 0.3) is 22.3 Å². The molecule has 0 amide bonds. The van der Waals surface area contributed by atoms with E-state index in [0.29, 0.717) is 11.8 Å². The zero-order valence-electron chi connectivity index (χ0n) is 27.8. The summed E-state index contributed by atoms with van der Waals surface area (Å²) >= 11 is 1.46. The van der Waals surface area contributed by atoms with Gasteiger partial charge in [-0.1, -0.05) is 97.8 Å². The van der Waals surface area contributed by atoms with Gasteiger partial charge in [-0.25, -0.2) is 11.1 Å². The molecule has 0 bridgehead atoms. The minimum atomic E-state index is 0.0340. The van der Waals surface area contributed by atoms with Crippen molar-refractivity contribution >= 4 is 14.9 Å². The van der Waals surface area contributed by atoms with Crippen LogP contribution in [0.15, 0.2) is 77.9 Å². The van der Waals surface area contributed by atoms with Gasteiger partial charge >= 0.3 is 63.8 Å². The van der Waals surface area contributed by atoms with Crippen LogP contribution in [-0.4, -0.2) is 3.71 Å². The van der Waals surface area contributed by atoms with E-state index in [1.54, 1.807) is 0 Å². The molecule has 0 saturated carbocycles. The maximum absolute atomic E-state index is 3.65. The molecular weight excluding hydrogens is 596 g/mol. The summed E-state index contributed by atoms with van der Waals surface area (Å²) < 4.78 is 2.17. The van der Waals surface area contributed by atoms with Crippen LogP contribution in [0.5, 0.6) is 0 Å². The summed E-state index contributed by atoms with van der Waals surface area (Å²) in [5, 5.41) is 0. The fraction of sp³-hybridized carbons (Fsp3) is 0.357. The van der Waals surface area contributed by atoms with Crippen molar-refractivity contribution in [3.63, 3.8) is 0 Å². The molecule has 1 heteroatoms. The van der Waals surface area contributed by atoms with Crippen molar-refractivity contribution in [3.8, 4) is 11.1 Å². The molecule has 4 aliphatic carbocycles. The van der Waals surface area contributed by atoms with E-state index in [1.807, 2.05) is 6.07 Å². The Kier molecular flexibility index (Phi) is 8.91. The fourth-order valence-electron chi connectivity index (χ4n) is 7.31.